The van der Waals surface area contributed by atoms with E-state index in [0.717, 1.165) is 0 Å². The molecule has 1 aliphatic heterocycles. The van der Waals surface area contributed by atoms with Gasteiger partial charge >= 0.3 is 5.97 Å². The van der Waals surface area contributed by atoms with Gasteiger partial charge in [0, 0.05) is 27.6 Å². The van der Waals surface area contributed by atoms with Crippen LogP contribution in [0.4, 0.5) is 5.69 Å². The minimum Gasteiger partial charge on any atom is -0.733 e. The van der Waals surface area contributed by atoms with Crippen LogP contribution >= 0.6 is 0 Å². The van der Waals surface area contributed by atoms with Gasteiger partial charge in [0.25, 0.3) is 0 Å². The Labute approximate surface area is 159 Å². The lowest BCUT2D eigenvalue weighted by Crippen LogP contribution is -2.11. The number of methoxy groups -OCH3 is 3. The molecule has 0 fully saturated rings. The van der Waals surface area contributed by atoms with Crippen molar-refractivity contribution in [2.75, 3.05) is 33.3 Å². The van der Waals surface area contributed by atoms with Gasteiger partial charge in [0.15, 0.2) is 11.5 Å². The summed E-state index contributed by atoms with van der Waals surface area (Å²) >= 11 is 0. The van der Waals surface area contributed by atoms with Crippen molar-refractivity contribution in [3.8, 4) is 23.0 Å². The Morgan fingerprint density at radius 2 is 1.86 bits per heavy atom. The second-order valence-electron chi connectivity index (χ2n) is 5.99. The number of nitrogens with zero attached hydrogens (tertiary/aromatic N) is 1. The van der Waals surface area contributed by atoms with Crippen LogP contribution < -0.4 is 24.2 Å². The lowest BCUT2D eigenvalue weighted by Gasteiger charge is -2.26. The molecule has 1 N–H and O–H groups in total. The number of benzene rings is 3. The highest BCUT2D eigenvalue weighted by Gasteiger charge is 2.28. The molecule has 1 aliphatic rings. The number of esters is 1. The lowest BCUT2D eigenvalue weighted by molar-refractivity contribution is 0.0602. The van der Waals surface area contributed by atoms with Gasteiger partial charge in [-0.25, -0.2) is 4.79 Å². The number of fused-ring (bicyclic) bond motifs is 5. The van der Waals surface area contributed by atoms with E-state index in [0.29, 0.717) is 39.2 Å². The van der Waals surface area contributed by atoms with E-state index in [1.807, 2.05) is 0 Å². The Kier molecular flexibility index (Phi) is 4.25. The first-order valence-electron chi connectivity index (χ1n) is 8.19. The highest BCUT2D eigenvalue weighted by atomic mass is 16.8. The molecule has 0 atom stereocenters. The van der Waals surface area contributed by atoms with E-state index in [-0.39, 0.29) is 28.7 Å². The molecular weight excluding hydrogens is 370 g/mol. The van der Waals surface area contributed by atoms with Gasteiger partial charge in [-0.15, -0.1) is 0 Å². The van der Waals surface area contributed by atoms with Crippen molar-refractivity contribution in [2.24, 2.45) is 0 Å². The standard InChI is InChI=1S/C19H16NO8/c1-24-9-4-11-10(14(5-9)25-2)6-13(20(22)23)16-12(19(21)26-3)7-15-18(17(11)16)28-8-27-15/h4-7,22H,8H2,1-3H3/q-1. The van der Waals surface area contributed by atoms with Crippen LogP contribution in [0.3, 0.4) is 0 Å². The molecule has 0 bridgehead atoms. The maximum atomic E-state index is 12.4. The van der Waals surface area contributed by atoms with Gasteiger partial charge in [-0.2, -0.15) is 0 Å². The van der Waals surface area contributed by atoms with E-state index in [9.17, 15) is 15.2 Å². The maximum Gasteiger partial charge on any atom is 0.338 e. The van der Waals surface area contributed by atoms with Crippen molar-refractivity contribution < 1.29 is 33.7 Å². The van der Waals surface area contributed by atoms with Gasteiger partial charge < -0.3 is 34.1 Å². The molecule has 0 saturated heterocycles. The molecule has 0 radical (unpaired) electrons. The summed E-state index contributed by atoms with van der Waals surface area (Å²) in [5.41, 5.74) is -0.111. The number of ether oxygens (including phenoxy) is 5. The number of carbonyl (C=O) groups excluding carboxylic acids is 1. The van der Waals surface area contributed by atoms with E-state index < -0.39 is 5.97 Å². The third kappa shape index (κ3) is 2.52. The normalized spacial score (nSPS) is 12.3. The molecule has 28 heavy (non-hydrogen) atoms. The van der Waals surface area contributed by atoms with Crippen molar-refractivity contribution >= 4 is 33.2 Å². The van der Waals surface area contributed by atoms with E-state index in [1.165, 1.54) is 33.5 Å². The molecule has 3 aromatic carbocycles. The Morgan fingerprint density at radius 3 is 2.50 bits per heavy atom. The first-order chi connectivity index (χ1) is 13.5. The Morgan fingerprint density at radius 1 is 1.07 bits per heavy atom. The number of rotatable bonds is 4. The summed E-state index contributed by atoms with van der Waals surface area (Å²) in [7, 11) is 4.20. The quantitative estimate of drug-likeness (QED) is 0.410. The zero-order valence-electron chi connectivity index (χ0n) is 15.3. The average molecular weight is 386 g/mol. The molecular formula is C19H16NO8-. The predicted molar refractivity (Wildman–Crippen MR) is 99.7 cm³/mol. The third-order valence-electron chi connectivity index (χ3n) is 4.65. The summed E-state index contributed by atoms with van der Waals surface area (Å²) in [5, 5.41) is 23.1. The fourth-order valence-corrected chi connectivity index (χ4v) is 3.44. The minimum atomic E-state index is -0.694. The molecule has 9 heteroatoms. The Hall–Kier alpha value is -3.43. The topological polar surface area (TPSA) is 110 Å². The Balaban J connectivity index is 2.29. The van der Waals surface area contributed by atoms with Crippen molar-refractivity contribution in [2.45, 2.75) is 0 Å². The monoisotopic (exact) mass is 386 g/mol. The van der Waals surface area contributed by atoms with Gasteiger partial charge in [0.05, 0.1) is 32.6 Å². The fourth-order valence-electron chi connectivity index (χ4n) is 3.44. The number of anilines is 1. The minimum absolute atomic E-state index is 0.0512. The zero-order chi connectivity index (χ0) is 20.0. The second-order valence-corrected chi connectivity index (χ2v) is 5.99. The molecule has 0 unspecified atom stereocenters. The van der Waals surface area contributed by atoms with Gasteiger partial charge in [0.1, 0.15) is 11.5 Å². The van der Waals surface area contributed by atoms with Crippen LogP contribution in [0.5, 0.6) is 23.0 Å². The molecule has 0 amide bonds. The van der Waals surface area contributed by atoms with Crippen molar-refractivity contribution in [1.29, 1.82) is 0 Å². The van der Waals surface area contributed by atoms with Crippen LogP contribution in [0.15, 0.2) is 24.3 Å². The summed E-state index contributed by atoms with van der Waals surface area (Å²) in [6, 6.07) is 6.22. The largest absolute Gasteiger partial charge is 0.733 e. The maximum absolute atomic E-state index is 12.4. The highest BCUT2D eigenvalue weighted by molar-refractivity contribution is 6.23. The number of hydrogen-bond donors (Lipinski definition) is 1. The molecule has 0 aliphatic carbocycles. The summed E-state index contributed by atoms with van der Waals surface area (Å²) in [6.07, 6.45) is 0. The second kappa shape index (κ2) is 6.63. The van der Waals surface area contributed by atoms with Gasteiger partial charge in [0.2, 0.25) is 6.79 Å². The van der Waals surface area contributed by atoms with Crippen LogP contribution in [0.1, 0.15) is 10.4 Å². The highest BCUT2D eigenvalue weighted by Crippen LogP contribution is 2.49. The van der Waals surface area contributed by atoms with Gasteiger partial charge in [-0.3, -0.25) is 5.21 Å². The molecule has 0 saturated carbocycles. The fraction of sp³-hybridized carbons (Fsp3) is 0.211. The van der Waals surface area contributed by atoms with Crippen LogP contribution in [-0.2, 0) is 4.74 Å². The molecule has 9 nitrogen and oxygen atoms in total. The summed E-state index contributed by atoms with van der Waals surface area (Å²) < 4.78 is 26.7. The van der Waals surface area contributed by atoms with Crippen molar-refractivity contribution in [3.63, 3.8) is 0 Å². The predicted octanol–water partition coefficient (Wildman–Crippen LogP) is 3.22. The van der Waals surface area contributed by atoms with Crippen LogP contribution in [0.2, 0.25) is 0 Å². The summed E-state index contributed by atoms with van der Waals surface area (Å²) in [6.45, 7) is -0.0535. The Bertz CT molecular complexity index is 1110. The summed E-state index contributed by atoms with van der Waals surface area (Å²) in [4.78, 5) is 12.4. The molecule has 0 spiro atoms. The SMILES string of the molecule is COC(=O)c1cc2c(c3c1c(N([O-])O)cc1c(OC)cc(OC)cc13)OCO2. The first-order valence-corrected chi connectivity index (χ1v) is 8.19. The smallest absolute Gasteiger partial charge is 0.338 e. The van der Waals surface area contributed by atoms with Crippen LogP contribution in [0.25, 0.3) is 21.5 Å². The van der Waals surface area contributed by atoms with E-state index in [2.05, 4.69) is 0 Å². The number of carbonyl (C=O) groups is 1. The average Bonchev–Trinajstić information content (AvgIpc) is 3.19. The van der Waals surface area contributed by atoms with Crippen molar-refractivity contribution in [3.05, 3.63) is 35.0 Å². The summed E-state index contributed by atoms with van der Waals surface area (Å²) in [5.74, 6) is 0.879. The number of hydrogen-bond acceptors (Lipinski definition) is 9. The van der Waals surface area contributed by atoms with Crippen molar-refractivity contribution in [1.82, 2.24) is 0 Å². The lowest BCUT2D eigenvalue weighted by atomic mass is 9.94. The molecule has 0 aromatic heterocycles. The van der Waals surface area contributed by atoms with E-state index in [1.54, 1.807) is 12.1 Å². The zero-order valence-corrected chi connectivity index (χ0v) is 15.3. The van der Waals surface area contributed by atoms with Crippen LogP contribution in [0, 0.1) is 5.21 Å². The van der Waals surface area contributed by atoms with E-state index in [4.69, 9.17) is 23.7 Å². The molecule has 1 heterocycles. The van der Waals surface area contributed by atoms with Crippen LogP contribution in [-0.4, -0.2) is 39.3 Å². The van der Waals surface area contributed by atoms with Gasteiger partial charge in [-0.05, 0) is 18.2 Å². The first kappa shape index (κ1) is 18.0. The molecule has 4 rings (SSSR count). The van der Waals surface area contributed by atoms with E-state index >= 15 is 0 Å². The molecule has 146 valence electrons. The van der Waals surface area contributed by atoms with Gasteiger partial charge in [-0.1, -0.05) is 0 Å². The molecule has 3 aromatic rings. The third-order valence-corrected chi connectivity index (χ3v) is 4.65.